The molecule has 0 bridgehead atoms. The summed E-state index contributed by atoms with van der Waals surface area (Å²) in [5.41, 5.74) is 9.42. The van der Waals surface area contributed by atoms with Crippen LogP contribution in [0, 0.1) is 19.3 Å². The average Bonchev–Trinajstić information content (AvgIpc) is 3.38. The van der Waals surface area contributed by atoms with Crippen molar-refractivity contribution >= 4 is 49.3 Å². The lowest BCUT2D eigenvalue weighted by Crippen LogP contribution is -1.97. The maximum atomic E-state index is 5.58. The van der Waals surface area contributed by atoms with Gasteiger partial charge in [0.15, 0.2) is 0 Å². The fraction of sp³-hybridized carbons (Fsp3) is 0.0233. The van der Waals surface area contributed by atoms with E-state index in [4.69, 9.17) is 6.42 Å². The van der Waals surface area contributed by atoms with Crippen LogP contribution in [0.4, 0.5) is 0 Å². The van der Waals surface area contributed by atoms with Gasteiger partial charge in [0, 0.05) is 11.1 Å². The molecule has 7 aromatic carbocycles. The van der Waals surface area contributed by atoms with Gasteiger partial charge in [0.05, 0.1) is 11.2 Å². The quantitative estimate of drug-likeness (QED) is 0.149. The molecule has 0 atom stereocenters. The van der Waals surface area contributed by atoms with Gasteiger partial charge in [-0.3, -0.25) is 0 Å². The number of benzene rings is 7. The minimum atomic E-state index is 1.11. The number of fused-ring (bicyclic) bond motifs is 7. The largest absolute Gasteiger partial charge is 0.310 e. The van der Waals surface area contributed by atoms with Crippen molar-refractivity contribution in [3.05, 3.63) is 157 Å². The van der Waals surface area contributed by atoms with Crippen LogP contribution in [-0.4, -0.2) is 4.57 Å². The van der Waals surface area contributed by atoms with Gasteiger partial charge in [-0.15, -0.1) is 6.42 Å². The normalized spacial score (nSPS) is 11.6. The van der Waals surface area contributed by atoms with Crippen molar-refractivity contribution in [2.75, 3.05) is 0 Å². The Labute approximate surface area is 257 Å². The molecular weight excluding hydrogens is 530 g/mol. The molecule has 44 heavy (non-hydrogen) atoms. The molecule has 0 unspecified atom stereocenters. The fourth-order valence-electron chi connectivity index (χ4n) is 6.79. The maximum Gasteiger partial charge on any atom is 0.0537 e. The SMILES string of the molecule is C#C/C=C\c1c(C)c2ccccc2n1-c1ccc(-c2cccc(-c3ccc4c5ccccc5c5ccccc5c4c3)c2)cc1. The second kappa shape index (κ2) is 10.5. The van der Waals surface area contributed by atoms with E-state index in [1.165, 1.54) is 71.0 Å². The van der Waals surface area contributed by atoms with Crippen molar-refractivity contribution in [1.82, 2.24) is 4.57 Å². The zero-order valence-corrected chi connectivity index (χ0v) is 24.5. The second-order valence-electron chi connectivity index (χ2n) is 11.3. The van der Waals surface area contributed by atoms with Crippen molar-refractivity contribution in [3.8, 4) is 40.3 Å². The fourth-order valence-corrected chi connectivity index (χ4v) is 6.79. The number of para-hydroxylation sites is 1. The molecule has 0 amide bonds. The minimum Gasteiger partial charge on any atom is -0.310 e. The summed E-state index contributed by atoms with van der Waals surface area (Å²) in [5, 5.41) is 9.00. The molecule has 1 nitrogen and oxygen atoms in total. The van der Waals surface area contributed by atoms with Gasteiger partial charge in [0.2, 0.25) is 0 Å². The van der Waals surface area contributed by atoms with Crippen LogP contribution >= 0.6 is 0 Å². The van der Waals surface area contributed by atoms with E-state index in [2.05, 4.69) is 157 Å². The molecule has 1 aromatic heterocycles. The Morgan fingerprint density at radius 2 is 1.02 bits per heavy atom. The summed E-state index contributed by atoms with van der Waals surface area (Å²) in [6.45, 7) is 2.16. The van der Waals surface area contributed by atoms with Crippen LogP contribution in [-0.2, 0) is 0 Å². The highest BCUT2D eigenvalue weighted by Gasteiger charge is 2.14. The third-order valence-corrected chi connectivity index (χ3v) is 8.91. The molecule has 0 spiro atoms. The molecule has 0 aliphatic heterocycles. The average molecular weight is 560 g/mol. The van der Waals surface area contributed by atoms with Crippen molar-refractivity contribution in [2.24, 2.45) is 0 Å². The van der Waals surface area contributed by atoms with Crippen LogP contribution in [0.1, 0.15) is 11.3 Å². The van der Waals surface area contributed by atoms with Crippen molar-refractivity contribution < 1.29 is 0 Å². The number of terminal acetylenes is 1. The van der Waals surface area contributed by atoms with Crippen molar-refractivity contribution in [1.29, 1.82) is 0 Å². The molecule has 8 aromatic rings. The third kappa shape index (κ3) is 4.12. The number of hydrogen-bond donors (Lipinski definition) is 0. The number of allylic oxidation sites excluding steroid dienone is 1. The molecule has 0 saturated heterocycles. The molecule has 0 N–H and O–H groups in total. The predicted molar refractivity (Wildman–Crippen MR) is 189 cm³/mol. The van der Waals surface area contributed by atoms with E-state index in [1.54, 1.807) is 6.08 Å². The minimum absolute atomic E-state index is 1.11. The highest BCUT2D eigenvalue weighted by atomic mass is 15.0. The first-order valence-corrected chi connectivity index (χ1v) is 15.0. The smallest absolute Gasteiger partial charge is 0.0537 e. The van der Waals surface area contributed by atoms with Crippen molar-refractivity contribution in [3.63, 3.8) is 0 Å². The van der Waals surface area contributed by atoms with Crippen LogP contribution in [0.2, 0.25) is 0 Å². The zero-order valence-electron chi connectivity index (χ0n) is 24.5. The van der Waals surface area contributed by atoms with Gasteiger partial charge in [-0.1, -0.05) is 115 Å². The number of hydrogen-bond acceptors (Lipinski definition) is 0. The molecule has 206 valence electrons. The van der Waals surface area contributed by atoms with E-state index in [9.17, 15) is 0 Å². The lowest BCUT2D eigenvalue weighted by Gasteiger charge is -2.13. The Morgan fingerprint density at radius 3 is 1.68 bits per heavy atom. The Balaban J connectivity index is 1.21. The summed E-state index contributed by atoms with van der Waals surface area (Å²) in [5.74, 6) is 2.65. The van der Waals surface area contributed by atoms with Crippen LogP contribution in [0.3, 0.4) is 0 Å². The Bertz CT molecular complexity index is 2410. The maximum absolute atomic E-state index is 5.58. The van der Waals surface area contributed by atoms with Crippen LogP contribution in [0.5, 0.6) is 0 Å². The molecular formula is C43H29N. The Hall–Kier alpha value is -5.84. The molecule has 0 saturated carbocycles. The first-order valence-electron chi connectivity index (χ1n) is 15.0. The van der Waals surface area contributed by atoms with Gasteiger partial charge < -0.3 is 4.57 Å². The summed E-state index contributed by atoms with van der Waals surface area (Å²) >= 11 is 0. The number of aromatic nitrogens is 1. The van der Waals surface area contributed by atoms with E-state index < -0.39 is 0 Å². The lowest BCUT2D eigenvalue weighted by molar-refractivity contribution is 1.10. The zero-order chi connectivity index (χ0) is 29.6. The molecule has 0 aliphatic carbocycles. The molecule has 0 fully saturated rings. The highest BCUT2D eigenvalue weighted by molar-refractivity contribution is 6.25. The monoisotopic (exact) mass is 559 g/mol. The molecule has 8 rings (SSSR count). The summed E-state index contributed by atoms with van der Waals surface area (Å²) in [4.78, 5) is 0. The number of rotatable bonds is 4. The van der Waals surface area contributed by atoms with E-state index in [1.807, 2.05) is 6.08 Å². The van der Waals surface area contributed by atoms with Gasteiger partial charge >= 0.3 is 0 Å². The first kappa shape index (κ1) is 25.8. The topological polar surface area (TPSA) is 4.93 Å². The molecule has 1 heteroatoms. The summed E-state index contributed by atoms with van der Waals surface area (Å²) in [6.07, 6.45) is 9.38. The standard InChI is InChI=1S/C43H29N/c1-3-4-19-42-29(2)35-14-9-10-20-43(35)44(42)34-24-21-30(22-25-34)31-12-11-13-32(27-31)33-23-26-40-38-17-6-5-15-36(38)37-16-7-8-18-39(37)41(40)28-33/h1,4-28H,2H3/b19-4-. The second-order valence-corrected chi connectivity index (χ2v) is 11.3. The van der Waals surface area contributed by atoms with E-state index in [0.29, 0.717) is 0 Å². The third-order valence-electron chi connectivity index (χ3n) is 8.91. The van der Waals surface area contributed by atoms with Crippen LogP contribution < -0.4 is 0 Å². The first-order chi connectivity index (χ1) is 21.7. The Morgan fingerprint density at radius 1 is 0.500 bits per heavy atom. The number of aryl methyl sites for hydroxylation is 1. The number of nitrogens with zero attached hydrogens (tertiary/aromatic N) is 1. The summed E-state index contributed by atoms with van der Waals surface area (Å²) < 4.78 is 2.29. The van der Waals surface area contributed by atoms with E-state index in [-0.39, 0.29) is 0 Å². The highest BCUT2D eigenvalue weighted by Crippen LogP contribution is 2.38. The van der Waals surface area contributed by atoms with Gasteiger partial charge in [-0.05, 0) is 110 Å². The molecule has 0 aliphatic rings. The Kier molecular flexibility index (Phi) is 6.14. The van der Waals surface area contributed by atoms with E-state index in [0.717, 1.165) is 11.4 Å². The van der Waals surface area contributed by atoms with Crippen LogP contribution in [0.25, 0.3) is 77.2 Å². The lowest BCUT2D eigenvalue weighted by atomic mass is 9.91. The van der Waals surface area contributed by atoms with Gasteiger partial charge in [0.1, 0.15) is 0 Å². The van der Waals surface area contributed by atoms with Crippen molar-refractivity contribution in [2.45, 2.75) is 6.92 Å². The molecule has 0 radical (unpaired) electrons. The predicted octanol–water partition coefficient (Wildman–Crippen LogP) is 11.4. The van der Waals surface area contributed by atoms with Gasteiger partial charge in [-0.2, -0.15) is 0 Å². The summed E-state index contributed by atoms with van der Waals surface area (Å²) in [7, 11) is 0. The molecule has 1 heterocycles. The van der Waals surface area contributed by atoms with E-state index >= 15 is 0 Å². The van der Waals surface area contributed by atoms with Gasteiger partial charge in [-0.25, -0.2) is 0 Å². The van der Waals surface area contributed by atoms with Crippen LogP contribution in [0.15, 0.2) is 146 Å². The summed E-state index contributed by atoms with van der Waals surface area (Å²) in [6, 6.07) is 50.6. The van der Waals surface area contributed by atoms with Gasteiger partial charge in [0.25, 0.3) is 0 Å².